The maximum atomic E-state index is 13.3. The number of carbonyl (C=O) groups excluding carboxylic acids is 2. The van der Waals surface area contributed by atoms with Crippen molar-refractivity contribution in [2.45, 2.75) is 19.0 Å². The molecule has 0 aromatic heterocycles. The van der Waals surface area contributed by atoms with Gasteiger partial charge < -0.3 is 14.8 Å². The van der Waals surface area contributed by atoms with Gasteiger partial charge in [-0.05, 0) is 47.4 Å². The van der Waals surface area contributed by atoms with E-state index in [1.165, 1.54) is 19.1 Å². The Morgan fingerprint density at radius 3 is 2.33 bits per heavy atom. The van der Waals surface area contributed by atoms with Gasteiger partial charge in [-0.1, -0.05) is 48.5 Å². The molecule has 4 rings (SSSR count). The summed E-state index contributed by atoms with van der Waals surface area (Å²) in [6, 6.07) is 21.7. The summed E-state index contributed by atoms with van der Waals surface area (Å²) in [4.78, 5) is 27.2. The first kappa shape index (κ1) is 21.9. The van der Waals surface area contributed by atoms with E-state index in [-0.39, 0.29) is 12.5 Å². The molecular weight excluding hydrogens is 418 g/mol. The largest absolute Gasteiger partial charge is 0.493 e. The van der Waals surface area contributed by atoms with Gasteiger partial charge in [0.05, 0.1) is 32.4 Å². The fraction of sp³-hybridized carbons (Fsp3) is 0.192. The van der Waals surface area contributed by atoms with E-state index in [9.17, 15) is 14.9 Å². The van der Waals surface area contributed by atoms with Crippen molar-refractivity contribution in [1.29, 1.82) is 5.26 Å². The van der Waals surface area contributed by atoms with E-state index in [0.717, 1.165) is 16.7 Å². The van der Waals surface area contributed by atoms with E-state index in [4.69, 9.17) is 9.47 Å². The van der Waals surface area contributed by atoms with Crippen LogP contribution >= 0.6 is 0 Å². The lowest BCUT2D eigenvalue weighted by Gasteiger charge is -2.23. The van der Waals surface area contributed by atoms with Crippen LogP contribution in [0.3, 0.4) is 0 Å². The Hall–Kier alpha value is -4.31. The standard InChI is InChI=1S/C26H23N3O4/c1-26(20-12-13-22(32-2)23(14-20)33-3)24(30)29(25(31)28-26)16-17-8-10-18(11-9-17)21-7-5-4-6-19(21)15-27/h4-14H,16H2,1-3H3,(H,28,31). The quantitative estimate of drug-likeness (QED) is 0.579. The summed E-state index contributed by atoms with van der Waals surface area (Å²) in [5, 5.41) is 12.1. The van der Waals surface area contributed by atoms with Gasteiger partial charge in [-0.25, -0.2) is 4.79 Å². The van der Waals surface area contributed by atoms with Crippen LogP contribution in [0.5, 0.6) is 11.5 Å². The molecule has 1 aliphatic heterocycles. The smallest absolute Gasteiger partial charge is 0.325 e. The number of hydrogen-bond acceptors (Lipinski definition) is 5. The number of nitriles is 1. The third-order valence-corrected chi connectivity index (χ3v) is 5.89. The van der Waals surface area contributed by atoms with Crippen LogP contribution in [0, 0.1) is 11.3 Å². The predicted octanol–water partition coefficient (Wildman–Crippen LogP) is 4.21. The molecular formula is C26H23N3O4. The zero-order valence-corrected chi connectivity index (χ0v) is 18.6. The van der Waals surface area contributed by atoms with Gasteiger partial charge >= 0.3 is 6.03 Å². The normalized spacial score (nSPS) is 17.5. The molecule has 0 saturated carbocycles. The molecule has 3 amide bonds. The number of nitrogens with one attached hydrogen (secondary N) is 1. The van der Waals surface area contributed by atoms with Crippen molar-refractivity contribution >= 4 is 11.9 Å². The van der Waals surface area contributed by atoms with Crippen LogP contribution in [-0.2, 0) is 16.9 Å². The summed E-state index contributed by atoms with van der Waals surface area (Å²) in [6.07, 6.45) is 0. The number of hydrogen-bond donors (Lipinski definition) is 1. The van der Waals surface area contributed by atoms with Crippen molar-refractivity contribution in [1.82, 2.24) is 10.2 Å². The minimum absolute atomic E-state index is 0.133. The summed E-state index contributed by atoms with van der Waals surface area (Å²) in [5.41, 5.74) is 2.50. The summed E-state index contributed by atoms with van der Waals surface area (Å²) < 4.78 is 10.6. The van der Waals surface area contributed by atoms with Gasteiger partial charge in [0.25, 0.3) is 5.91 Å². The Balaban J connectivity index is 1.57. The highest BCUT2D eigenvalue weighted by Crippen LogP contribution is 2.36. The number of carbonyl (C=O) groups is 2. The van der Waals surface area contributed by atoms with E-state index >= 15 is 0 Å². The van der Waals surface area contributed by atoms with Gasteiger partial charge in [0.2, 0.25) is 0 Å². The Morgan fingerprint density at radius 2 is 1.67 bits per heavy atom. The van der Waals surface area contributed by atoms with Crippen molar-refractivity contribution in [3.63, 3.8) is 0 Å². The molecule has 0 spiro atoms. The molecule has 33 heavy (non-hydrogen) atoms. The number of urea groups is 1. The van der Waals surface area contributed by atoms with Crippen molar-refractivity contribution in [2.75, 3.05) is 14.2 Å². The van der Waals surface area contributed by atoms with E-state index in [1.807, 2.05) is 42.5 Å². The molecule has 7 heteroatoms. The SMILES string of the molecule is COc1ccc(C2(C)NC(=O)N(Cc3ccc(-c4ccccc4C#N)cc3)C2=O)cc1OC. The first-order valence-corrected chi connectivity index (χ1v) is 10.4. The second-order valence-corrected chi connectivity index (χ2v) is 7.87. The summed E-state index contributed by atoms with van der Waals surface area (Å²) in [7, 11) is 3.05. The van der Waals surface area contributed by atoms with Crippen LogP contribution in [0.1, 0.15) is 23.6 Å². The molecule has 3 aromatic rings. The first-order chi connectivity index (χ1) is 15.9. The number of rotatable bonds is 6. The summed E-state index contributed by atoms with van der Waals surface area (Å²) in [5.74, 6) is 0.667. The molecule has 7 nitrogen and oxygen atoms in total. The molecule has 1 aliphatic rings. The number of amides is 3. The van der Waals surface area contributed by atoms with Crippen LogP contribution in [0.25, 0.3) is 11.1 Å². The Kier molecular flexibility index (Phi) is 5.76. The molecule has 1 N–H and O–H groups in total. The van der Waals surface area contributed by atoms with E-state index < -0.39 is 11.6 Å². The lowest BCUT2D eigenvalue weighted by atomic mass is 9.91. The lowest BCUT2D eigenvalue weighted by molar-refractivity contribution is -0.131. The maximum absolute atomic E-state index is 13.3. The number of imide groups is 1. The van der Waals surface area contributed by atoms with Gasteiger partial charge in [0, 0.05) is 0 Å². The summed E-state index contributed by atoms with van der Waals surface area (Å²) in [6.45, 7) is 1.81. The maximum Gasteiger partial charge on any atom is 0.325 e. The third kappa shape index (κ3) is 3.87. The van der Waals surface area contributed by atoms with E-state index in [2.05, 4.69) is 11.4 Å². The summed E-state index contributed by atoms with van der Waals surface area (Å²) >= 11 is 0. The van der Waals surface area contributed by atoms with Crippen molar-refractivity contribution in [2.24, 2.45) is 0 Å². The highest BCUT2D eigenvalue weighted by atomic mass is 16.5. The van der Waals surface area contributed by atoms with Gasteiger partial charge in [-0.2, -0.15) is 5.26 Å². The van der Waals surface area contributed by atoms with Crippen molar-refractivity contribution < 1.29 is 19.1 Å². The predicted molar refractivity (Wildman–Crippen MR) is 123 cm³/mol. The van der Waals surface area contributed by atoms with Crippen LogP contribution in [0.4, 0.5) is 4.79 Å². The second-order valence-electron chi connectivity index (χ2n) is 7.87. The molecule has 1 atom stereocenters. The van der Waals surface area contributed by atoms with Crippen LogP contribution in [0.15, 0.2) is 66.7 Å². The zero-order valence-electron chi connectivity index (χ0n) is 18.6. The number of methoxy groups -OCH3 is 2. The molecule has 1 saturated heterocycles. The van der Waals surface area contributed by atoms with Gasteiger partial charge in [-0.3, -0.25) is 9.69 Å². The minimum atomic E-state index is -1.22. The average molecular weight is 441 g/mol. The van der Waals surface area contributed by atoms with Crippen LogP contribution < -0.4 is 14.8 Å². The fourth-order valence-corrected chi connectivity index (χ4v) is 3.99. The number of nitrogens with zero attached hydrogens (tertiary/aromatic N) is 2. The number of ether oxygens (including phenoxy) is 2. The molecule has 1 fully saturated rings. The Bertz CT molecular complexity index is 1260. The molecule has 0 aliphatic carbocycles. The van der Waals surface area contributed by atoms with Crippen LogP contribution in [0.2, 0.25) is 0 Å². The second kappa shape index (κ2) is 8.67. The van der Waals surface area contributed by atoms with Crippen molar-refractivity contribution in [3.05, 3.63) is 83.4 Å². The first-order valence-electron chi connectivity index (χ1n) is 10.4. The molecule has 0 bridgehead atoms. The van der Waals surface area contributed by atoms with Gasteiger partial charge in [-0.15, -0.1) is 0 Å². The molecule has 166 valence electrons. The monoisotopic (exact) mass is 441 g/mol. The Labute approximate surface area is 192 Å². The third-order valence-electron chi connectivity index (χ3n) is 5.89. The zero-order chi connectivity index (χ0) is 23.6. The van der Waals surface area contributed by atoms with E-state index in [1.54, 1.807) is 31.2 Å². The topological polar surface area (TPSA) is 91.7 Å². The lowest BCUT2D eigenvalue weighted by Crippen LogP contribution is -2.40. The molecule has 1 unspecified atom stereocenters. The Morgan fingerprint density at radius 1 is 0.970 bits per heavy atom. The van der Waals surface area contributed by atoms with Crippen molar-refractivity contribution in [3.8, 4) is 28.7 Å². The molecule has 1 heterocycles. The van der Waals surface area contributed by atoms with Gasteiger partial charge in [0.15, 0.2) is 11.5 Å². The highest BCUT2D eigenvalue weighted by molar-refractivity contribution is 6.07. The van der Waals surface area contributed by atoms with E-state index in [0.29, 0.717) is 22.6 Å². The van der Waals surface area contributed by atoms with Crippen LogP contribution in [-0.4, -0.2) is 31.1 Å². The molecule has 0 radical (unpaired) electrons. The van der Waals surface area contributed by atoms with Gasteiger partial charge in [0.1, 0.15) is 5.54 Å². The number of benzene rings is 3. The average Bonchev–Trinajstić information content (AvgIpc) is 3.07. The minimum Gasteiger partial charge on any atom is -0.493 e. The molecule has 3 aromatic carbocycles. The fourth-order valence-electron chi connectivity index (χ4n) is 3.99. The highest BCUT2D eigenvalue weighted by Gasteiger charge is 2.49.